The zero-order chi connectivity index (χ0) is 10.8. The molecule has 0 bridgehead atoms. The molecular formula is C11H16N2O2. The van der Waals surface area contributed by atoms with Gasteiger partial charge in [0, 0.05) is 18.7 Å². The van der Waals surface area contributed by atoms with E-state index in [0.29, 0.717) is 11.7 Å². The summed E-state index contributed by atoms with van der Waals surface area (Å²) in [6.45, 7) is 5.69. The lowest BCUT2D eigenvalue weighted by atomic mass is 10.00. The van der Waals surface area contributed by atoms with Gasteiger partial charge in [0.2, 0.25) is 5.76 Å². The second-order valence-corrected chi connectivity index (χ2v) is 4.34. The summed E-state index contributed by atoms with van der Waals surface area (Å²) in [5, 5.41) is 3.63. The number of hydrogen-bond acceptors (Lipinski definition) is 3. The van der Waals surface area contributed by atoms with Crippen LogP contribution in [-0.2, 0) is 0 Å². The number of carbonyl (C=O) groups is 1. The highest BCUT2D eigenvalue weighted by Gasteiger charge is 2.25. The molecule has 0 radical (unpaired) electrons. The van der Waals surface area contributed by atoms with Crippen LogP contribution in [0.5, 0.6) is 0 Å². The molecule has 0 saturated carbocycles. The summed E-state index contributed by atoms with van der Waals surface area (Å²) in [6.07, 6.45) is 3.87. The number of carbonyl (C=O) groups excluding carboxylic acids is 1. The van der Waals surface area contributed by atoms with Crippen molar-refractivity contribution in [3.63, 3.8) is 0 Å². The van der Waals surface area contributed by atoms with E-state index in [1.165, 1.54) is 6.42 Å². The smallest absolute Gasteiger partial charge is 0.292 e. The van der Waals surface area contributed by atoms with Crippen LogP contribution in [0.1, 0.15) is 35.9 Å². The van der Waals surface area contributed by atoms with Crippen molar-refractivity contribution in [2.24, 2.45) is 5.92 Å². The van der Waals surface area contributed by atoms with Gasteiger partial charge >= 0.3 is 0 Å². The van der Waals surface area contributed by atoms with E-state index in [1.807, 2.05) is 11.8 Å². The number of hydrogen-bond donors (Lipinski definition) is 0. The Kier molecular flexibility index (Phi) is 2.75. The van der Waals surface area contributed by atoms with Crippen LogP contribution >= 0.6 is 0 Å². The molecule has 1 aliphatic rings. The van der Waals surface area contributed by atoms with Gasteiger partial charge in [-0.3, -0.25) is 4.79 Å². The van der Waals surface area contributed by atoms with Crippen molar-refractivity contribution >= 4 is 5.91 Å². The van der Waals surface area contributed by atoms with E-state index >= 15 is 0 Å². The second-order valence-electron chi connectivity index (χ2n) is 4.34. The summed E-state index contributed by atoms with van der Waals surface area (Å²) >= 11 is 0. The summed E-state index contributed by atoms with van der Waals surface area (Å²) in [5.74, 6) is 0.964. The summed E-state index contributed by atoms with van der Waals surface area (Å²) in [5.41, 5.74) is 0.818. The van der Waals surface area contributed by atoms with Crippen molar-refractivity contribution in [1.29, 1.82) is 0 Å². The average Bonchev–Trinajstić information content (AvgIpc) is 2.63. The lowest BCUT2D eigenvalue weighted by molar-refractivity contribution is 0.0640. The molecule has 82 valence electrons. The maximum absolute atomic E-state index is 12.0. The van der Waals surface area contributed by atoms with Crippen molar-refractivity contribution in [3.8, 4) is 0 Å². The molecule has 0 spiro atoms. The Morgan fingerprint density at radius 2 is 2.47 bits per heavy atom. The normalized spacial score (nSPS) is 21.7. The van der Waals surface area contributed by atoms with Gasteiger partial charge in [-0.05, 0) is 25.7 Å². The zero-order valence-corrected chi connectivity index (χ0v) is 9.19. The van der Waals surface area contributed by atoms with Crippen LogP contribution in [0.3, 0.4) is 0 Å². The molecular weight excluding hydrogens is 192 g/mol. The van der Waals surface area contributed by atoms with E-state index in [-0.39, 0.29) is 5.91 Å². The summed E-state index contributed by atoms with van der Waals surface area (Å²) in [4.78, 5) is 13.9. The molecule has 1 aliphatic heterocycles. The topological polar surface area (TPSA) is 46.3 Å². The van der Waals surface area contributed by atoms with Gasteiger partial charge in [-0.25, -0.2) is 0 Å². The first-order valence-corrected chi connectivity index (χ1v) is 5.39. The molecule has 1 saturated heterocycles. The summed E-state index contributed by atoms with van der Waals surface area (Å²) in [6, 6.07) is 0. The van der Waals surface area contributed by atoms with Crippen LogP contribution in [0.15, 0.2) is 10.7 Å². The highest BCUT2D eigenvalue weighted by atomic mass is 16.5. The third-order valence-electron chi connectivity index (χ3n) is 2.89. The van der Waals surface area contributed by atoms with Crippen molar-refractivity contribution in [2.75, 3.05) is 13.1 Å². The van der Waals surface area contributed by atoms with Crippen LogP contribution in [0.25, 0.3) is 0 Å². The molecule has 1 unspecified atom stereocenters. The van der Waals surface area contributed by atoms with Crippen LogP contribution in [0.2, 0.25) is 0 Å². The van der Waals surface area contributed by atoms with Crippen molar-refractivity contribution in [3.05, 3.63) is 17.5 Å². The molecule has 0 aromatic carbocycles. The summed E-state index contributed by atoms with van der Waals surface area (Å²) in [7, 11) is 0. The van der Waals surface area contributed by atoms with Crippen LogP contribution in [0.4, 0.5) is 0 Å². The monoisotopic (exact) mass is 208 g/mol. The molecule has 15 heavy (non-hydrogen) atoms. The molecule has 0 aliphatic carbocycles. The van der Waals surface area contributed by atoms with Crippen LogP contribution in [-0.4, -0.2) is 29.1 Å². The fourth-order valence-corrected chi connectivity index (χ4v) is 2.01. The second kappa shape index (κ2) is 4.04. The maximum Gasteiger partial charge on any atom is 0.292 e. The highest BCUT2D eigenvalue weighted by molar-refractivity contribution is 5.92. The minimum Gasteiger partial charge on any atom is -0.351 e. The quantitative estimate of drug-likeness (QED) is 0.707. The number of likely N-dealkylation sites (tertiary alicyclic amines) is 1. The number of nitrogens with zero attached hydrogens (tertiary/aromatic N) is 2. The van der Waals surface area contributed by atoms with Crippen LogP contribution in [0, 0.1) is 12.8 Å². The van der Waals surface area contributed by atoms with E-state index in [1.54, 1.807) is 6.20 Å². The van der Waals surface area contributed by atoms with Gasteiger partial charge in [-0.2, -0.15) is 0 Å². The fraction of sp³-hybridized carbons (Fsp3) is 0.636. The third-order valence-corrected chi connectivity index (χ3v) is 2.89. The van der Waals surface area contributed by atoms with Gasteiger partial charge in [0.05, 0.1) is 6.20 Å². The Labute approximate surface area is 89.2 Å². The molecule has 1 fully saturated rings. The van der Waals surface area contributed by atoms with Gasteiger partial charge in [-0.15, -0.1) is 0 Å². The fourth-order valence-electron chi connectivity index (χ4n) is 2.01. The molecule has 1 atom stereocenters. The number of amides is 1. The Hall–Kier alpha value is -1.32. The van der Waals surface area contributed by atoms with E-state index in [2.05, 4.69) is 12.1 Å². The van der Waals surface area contributed by atoms with Crippen molar-refractivity contribution in [1.82, 2.24) is 10.1 Å². The number of piperidine rings is 1. The van der Waals surface area contributed by atoms with E-state index < -0.39 is 0 Å². The average molecular weight is 208 g/mol. The molecule has 1 aromatic heterocycles. The van der Waals surface area contributed by atoms with E-state index in [9.17, 15) is 4.79 Å². The first kappa shape index (κ1) is 10.2. The van der Waals surface area contributed by atoms with E-state index in [4.69, 9.17) is 4.52 Å². The van der Waals surface area contributed by atoms with Crippen molar-refractivity contribution < 1.29 is 9.32 Å². The third kappa shape index (κ3) is 2.03. The molecule has 4 nitrogen and oxygen atoms in total. The Bertz CT molecular complexity index is 359. The predicted molar refractivity (Wildman–Crippen MR) is 55.5 cm³/mol. The van der Waals surface area contributed by atoms with Crippen molar-refractivity contribution in [2.45, 2.75) is 26.7 Å². The predicted octanol–water partition coefficient (Wildman–Crippen LogP) is 1.86. The van der Waals surface area contributed by atoms with Gasteiger partial charge in [0.15, 0.2) is 0 Å². The minimum atomic E-state index is -0.0171. The summed E-state index contributed by atoms with van der Waals surface area (Å²) < 4.78 is 4.97. The number of aromatic nitrogens is 1. The first-order chi connectivity index (χ1) is 7.18. The molecule has 1 aromatic rings. The maximum atomic E-state index is 12.0. The minimum absolute atomic E-state index is 0.0171. The van der Waals surface area contributed by atoms with Gasteiger partial charge in [0.1, 0.15) is 0 Å². The largest absolute Gasteiger partial charge is 0.351 e. The van der Waals surface area contributed by atoms with E-state index in [0.717, 1.165) is 25.1 Å². The SMILES string of the molecule is Cc1cnoc1C(=O)N1CCCC(C)C1. The van der Waals surface area contributed by atoms with Gasteiger partial charge in [0.25, 0.3) is 5.91 Å². The molecule has 2 heterocycles. The molecule has 1 amide bonds. The van der Waals surface area contributed by atoms with Gasteiger partial charge in [-0.1, -0.05) is 12.1 Å². The van der Waals surface area contributed by atoms with Crippen LogP contribution < -0.4 is 0 Å². The highest BCUT2D eigenvalue weighted by Crippen LogP contribution is 2.18. The molecule has 0 N–H and O–H groups in total. The number of aryl methyl sites for hydroxylation is 1. The first-order valence-electron chi connectivity index (χ1n) is 5.39. The number of rotatable bonds is 1. The molecule has 4 heteroatoms. The lowest BCUT2D eigenvalue weighted by Crippen LogP contribution is -2.39. The lowest BCUT2D eigenvalue weighted by Gasteiger charge is -2.30. The Morgan fingerprint density at radius 3 is 3.07 bits per heavy atom. The standard InChI is InChI=1S/C11H16N2O2/c1-8-4-3-5-13(7-8)11(14)10-9(2)6-12-15-10/h6,8H,3-5,7H2,1-2H3. The Balaban J connectivity index is 2.11. The Morgan fingerprint density at radius 1 is 1.67 bits per heavy atom. The molecule has 2 rings (SSSR count). The zero-order valence-electron chi connectivity index (χ0n) is 9.19. The van der Waals surface area contributed by atoms with Gasteiger partial charge < -0.3 is 9.42 Å².